The molecule has 6 nitrogen and oxygen atoms in total. The van der Waals surface area contributed by atoms with Crippen LogP contribution in [0.1, 0.15) is 41.8 Å². The third-order valence-electron chi connectivity index (χ3n) is 5.65. The maximum atomic E-state index is 14.2. The lowest BCUT2D eigenvalue weighted by molar-refractivity contribution is -0.126. The van der Waals surface area contributed by atoms with Gasteiger partial charge in [0, 0.05) is 38.2 Å². The highest BCUT2D eigenvalue weighted by molar-refractivity contribution is 6.00. The van der Waals surface area contributed by atoms with Crippen LogP contribution in [0.3, 0.4) is 0 Å². The second-order valence-electron chi connectivity index (χ2n) is 8.28. The van der Waals surface area contributed by atoms with Gasteiger partial charge < -0.3 is 15.1 Å². The van der Waals surface area contributed by atoms with Crippen LogP contribution in [0, 0.1) is 18.7 Å². The van der Waals surface area contributed by atoms with Gasteiger partial charge in [-0.2, -0.15) is 0 Å². The van der Waals surface area contributed by atoms with E-state index >= 15 is 0 Å². The smallest absolute Gasteiger partial charge is 0.253 e. The van der Waals surface area contributed by atoms with E-state index in [2.05, 4.69) is 5.32 Å². The Morgan fingerprint density at radius 3 is 2.48 bits per heavy atom. The average Bonchev–Trinajstić information content (AvgIpc) is 3.12. The number of nitrogens with one attached hydrogen (secondary N) is 1. The van der Waals surface area contributed by atoms with E-state index in [-0.39, 0.29) is 49.0 Å². The maximum Gasteiger partial charge on any atom is 0.253 e. The van der Waals surface area contributed by atoms with E-state index < -0.39 is 11.7 Å². The van der Waals surface area contributed by atoms with Crippen molar-refractivity contribution in [3.05, 3.63) is 65.0 Å². The molecule has 1 N–H and O–H groups in total. The standard InChI is InChI=1S/C24H28FN3O3/c1-15(2)27(4)24(31)18-8-6-17(7-9-18)13-26-23(30)19-12-22(29)28(14-19)21-10-5-16(3)11-20(21)25/h5-11,15,19H,12-14H2,1-4H3,(H,26,30). The molecule has 31 heavy (non-hydrogen) atoms. The predicted molar refractivity (Wildman–Crippen MR) is 117 cm³/mol. The monoisotopic (exact) mass is 425 g/mol. The second kappa shape index (κ2) is 9.29. The largest absolute Gasteiger partial charge is 0.352 e. The molecule has 3 rings (SSSR count). The predicted octanol–water partition coefficient (Wildman–Crippen LogP) is 3.28. The number of rotatable bonds is 6. The number of halogens is 1. The van der Waals surface area contributed by atoms with Crippen LogP contribution >= 0.6 is 0 Å². The summed E-state index contributed by atoms with van der Waals surface area (Å²) in [4.78, 5) is 40.3. The molecule has 1 saturated heterocycles. The number of nitrogens with zero attached hydrogens (tertiary/aromatic N) is 2. The summed E-state index contributed by atoms with van der Waals surface area (Å²) in [7, 11) is 1.76. The summed E-state index contributed by atoms with van der Waals surface area (Å²) in [5.74, 6) is -1.57. The van der Waals surface area contributed by atoms with E-state index in [0.717, 1.165) is 11.1 Å². The van der Waals surface area contributed by atoms with Crippen LogP contribution in [0.15, 0.2) is 42.5 Å². The zero-order valence-electron chi connectivity index (χ0n) is 18.3. The highest BCUT2D eigenvalue weighted by Crippen LogP contribution is 2.28. The third kappa shape index (κ3) is 5.10. The molecule has 164 valence electrons. The van der Waals surface area contributed by atoms with Gasteiger partial charge in [0.25, 0.3) is 5.91 Å². The van der Waals surface area contributed by atoms with Crippen molar-refractivity contribution in [3.8, 4) is 0 Å². The Morgan fingerprint density at radius 1 is 1.19 bits per heavy atom. The number of benzene rings is 2. The SMILES string of the molecule is Cc1ccc(N2CC(C(=O)NCc3ccc(C(=O)N(C)C(C)C)cc3)CC2=O)c(F)c1. The quantitative estimate of drug-likeness (QED) is 0.772. The fourth-order valence-corrected chi connectivity index (χ4v) is 3.48. The molecule has 1 aliphatic rings. The van der Waals surface area contributed by atoms with E-state index in [1.165, 1.54) is 11.0 Å². The molecule has 3 amide bonds. The summed E-state index contributed by atoms with van der Waals surface area (Å²) in [6.45, 7) is 6.12. The van der Waals surface area contributed by atoms with Crippen molar-refractivity contribution in [1.82, 2.24) is 10.2 Å². The fourth-order valence-electron chi connectivity index (χ4n) is 3.48. The lowest BCUT2D eigenvalue weighted by atomic mass is 10.1. The van der Waals surface area contributed by atoms with Gasteiger partial charge in [-0.05, 0) is 56.2 Å². The summed E-state index contributed by atoms with van der Waals surface area (Å²) in [6.07, 6.45) is 0.0497. The van der Waals surface area contributed by atoms with Gasteiger partial charge in [-0.15, -0.1) is 0 Å². The summed E-state index contributed by atoms with van der Waals surface area (Å²) < 4.78 is 14.2. The molecule has 0 bridgehead atoms. The molecular weight excluding hydrogens is 397 g/mol. The van der Waals surface area contributed by atoms with Gasteiger partial charge in [0.1, 0.15) is 5.82 Å². The van der Waals surface area contributed by atoms with Crippen LogP contribution in [0.4, 0.5) is 10.1 Å². The van der Waals surface area contributed by atoms with Crippen molar-refractivity contribution < 1.29 is 18.8 Å². The minimum Gasteiger partial charge on any atom is -0.352 e. The molecule has 7 heteroatoms. The van der Waals surface area contributed by atoms with E-state index in [1.807, 2.05) is 13.8 Å². The maximum absolute atomic E-state index is 14.2. The van der Waals surface area contributed by atoms with E-state index in [1.54, 1.807) is 55.3 Å². The zero-order valence-corrected chi connectivity index (χ0v) is 18.3. The first-order chi connectivity index (χ1) is 14.7. The number of carbonyl (C=O) groups excluding carboxylic acids is 3. The Kier molecular flexibility index (Phi) is 6.73. The summed E-state index contributed by atoms with van der Waals surface area (Å²) in [6, 6.07) is 11.9. The normalized spacial score (nSPS) is 16.0. The molecule has 1 aliphatic heterocycles. The van der Waals surface area contributed by atoms with E-state index in [9.17, 15) is 18.8 Å². The summed E-state index contributed by atoms with van der Waals surface area (Å²) >= 11 is 0. The molecule has 1 fully saturated rings. The first-order valence-electron chi connectivity index (χ1n) is 10.4. The molecule has 0 aliphatic carbocycles. The number of aryl methyl sites for hydroxylation is 1. The molecule has 0 spiro atoms. The van der Waals surface area contributed by atoms with Crippen molar-refractivity contribution in [2.75, 3.05) is 18.5 Å². The van der Waals surface area contributed by atoms with Crippen LogP contribution < -0.4 is 10.2 Å². The lowest BCUT2D eigenvalue weighted by Crippen LogP contribution is -2.33. The van der Waals surface area contributed by atoms with E-state index in [0.29, 0.717) is 5.56 Å². The van der Waals surface area contributed by atoms with Gasteiger partial charge in [-0.1, -0.05) is 18.2 Å². The van der Waals surface area contributed by atoms with Crippen LogP contribution in [0.25, 0.3) is 0 Å². The van der Waals surface area contributed by atoms with Gasteiger partial charge in [-0.3, -0.25) is 14.4 Å². The summed E-state index contributed by atoms with van der Waals surface area (Å²) in [5.41, 5.74) is 2.41. The van der Waals surface area contributed by atoms with E-state index in [4.69, 9.17) is 0 Å². The van der Waals surface area contributed by atoms with Gasteiger partial charge in [0.05, 0.1) is 11.6 Å². The van der Waals surface area contributed by atoms with Crippen molar-refractivity contribution in [3.63, 3.8) is 0 Å². The van der Waals surface area contributed by atoms with Crippen LogP contribution in [-0.2, 0) is 16.1 Å². The number of carbonyl (C=O) groups is 3. The minimum atomic E-state index is -0.534. The molecule has 1 heterocycles. The van der Waals surface area contributed by atoms with Gasteiger partial charge in [0.15, 0.2) is 0 Å². The lowest BCUT2D eigenvalue weighted by Gasteiger charge is -2.21. The first kappa shape index (κ1) is 22.5. The number of hydrogen-bond donors (Lipinski definition) is 1. The molecular formula is C24H28FN3O3. The first-order valence-corrected chi connectivity index (χ1v) is 10.4. The number of amides is 3. The Hall–Kier alpha value is -3.22. The molecule has 1 unspecified atom stereocenters. The Balaban J connectivity index is 1.57. The van der Waals surface area contributed by atoms with Crippen LogP contribution in [0.2, 0.25) is 0 Å². The molecule has 2 aromatic carbocycles. The molecule has 0 saturated carbocycles. The minimum absolute atomic E-state index is 0.0497. The Bertz CT molecular complexity index is 988. The molecule has 0 radical (unpaired) electrons. The van der Waals surface area contributed by atoms with Crippen LogP contribution in [0.5, 0.6) is 0 Å². The topological polar surface area (TPSA) is 69.7 Å². The van der Waals surface area contributed by atoms with Gasteiger partial charge in [-0.25, -0.2) is 4.39 Å². The molecule has 0 aromatic heterocycles. The molecule has 2 aromatic rings. The van der Waals surface area contributed by atoms with Gasteiger partial charge >= 0.3 is 0 Å². The average molecular weight is 426 g/mol. The zero-order chi connectivity index (χ0) is 22.7. The van der Waals surface area contributed by atoms with Crippen molar-refractivity contribution >= 4 is 23.4 Å². The number of hydrogen-bond acceptors (Lipinski definition) is 3. The third-order valence-corrected chi connectivity index (χ3v) is 5.65. The second-order valence-corrected chi connectivity index (χ2v) is 8.28. The van der Waals surface area contributed by atoms with Crippen molar-refractivity contribution in [1.29, 1.82) is 0 Å². The number of anilines is 1. The van der Waals surface area contributed by atoms with Crippen LogP contribution in [-0.4, -0.2) is 42.3 Å². The Morgan fingerprint density at radius 2 is 1.87 bits per heavy atom. The highest BCUT2D eigenvalue weighted by Gasteiger charge is 2.36. The summed E-state index contributed by atoms with van der Waals surface area (Å²) in [5, 5.41) is 2.84. The highest BCUT2D eigenvalue weighted by atomic mass is 19.1. The van der Waals surface area contributed by atoms with Gasteiger partial charge in [0.2, 0.25) is 11.8 Å². The Labute approximate surface area is 182 Å². The van der Waals surface area contributed by atoms with Crippen molar-refractivity contribution in [2.24, 2.45) is 5.92 Å². The molecule has 1 atom stereocenters. The van der Waals surface area contributed by atoms with Crippen molar-refractivity contribution in [2.45, 2.75) is 39.8 Å². The fraction of sp³-hybridized carbons (Fsp3) is 0.375.